The van der Waals surface area contributed by atoms with Gasteiger partial charge < -0.3 is 19.8 Å². The zero-order valence-corrected chi connectivity index (χ0v) is 5.81. The van der Waals surface area contributed by atoms with Crippen LogP contribution >= 0.6 is 0 Å². The lowest BCUT2D eigenvalue weighted by Gasteiger charge is -2.03. The molecule has 1 aromatic heterocycles. The van der Waals surface area contributed by atoms with E-state index in [1.807, 2.05) is 0 Å². The highest BCUT2D eigenvalue weighted by atomic mass is 16.4. The van der Waals surface area contributed by atoms with Gasteiger partial charge in [0.1, 0.15) is 0 Å². The van der Waals surface area contributed by atoms with Crippen LogP contribution in [0.15, 0.2) is 18.3 Å². The molecule has 0 aromatic carbocycles. The van der Waals surface area contributed by atoms with E-state index in [0.29, 0.717) is 0 Å². The molecule has 0 amide bonds. The van der Waals surface area contributed by atoms with E-state index in [1.54, 1.807) is 0 Å². The van der Waals surface area contributed by atoms with E-state index in [0.717, 1.165) is 18.3 Å². The summed E-state index contributed by atoms with van der Waals surface area (Å²) in [4.78, 5) is 23.6. The van der Waals surface area contributed by atoms with E-state index in [1.165, 1.54) is 0 Å². The highest BCUT2D eigenvalue weighted by Crippen LogP contribution is 1.97. The molecule has 0 saturated heterocycles. The normalized spacial score (nSPS) is 9.33. The Hall–Kier alpha value is -1.91. The van der Waals surface area contributed by atoms with Crippen molar-refractivity contribution in [1.82, 2.24) is 4.98 Å². The first-order valence-electron chi connectivity index (χ1n) is 3.00. The molecule has 0 radical (unpaired) electrons. The molecular formula is C7H3NO4-2. The Morgan fingerprint density at radius 2 is 1.83 bits per heavy atom. The first-order chi connectivity index (χ1) is 5.61. The van der Waals surface area contributed by atoms with Gasteiger partial charge in [0.2, 0.25) is 0 Å². The molecule has 0 N–H and O–H groups in total. The predicted molar refractivity (Wildman–Crippen MR) is 32.9 cm³/mol. The van der Waals surface area contributed by atoms with Crippen molar-refractivity contribution >= 4 is 11.9 Å². The maximum absolute atomic E-state index is 10.2. The average molecular weight is 165 g/mol. The Morgan fingerprint density at radius 1 is 1.17 bits per heavy atom. The fraction of sp³-hybridized carbons (Fsp3) is 0. The Labute approximate surface area is 67.3 Å². The summed E-state index contributed by atoms with van der Waals surface area (Å²) >= 11 is 0. The van der Waals surface area contributed by atoms with Crippen LogP contribution in [0, 0.1) is 0 Å². The summed E-state index contributed by atoms with van der Waals surface area (Å²) in [6, 6.07) is 2.13. The third-order valence-electron chi connectivity index (χ3n) is 1.21. The summed E-state index contributed by atoms with van der Waals surface area (Å²) in [6.45, 7) is 0. The van der Waals surface area contributed by atoms with Gasteiger partial charge in [0.15, 0.2) is 0 Å². The van der Waals surface area contributed by atoms with Crippen LogP contribution in [0.3, 0.4) is 0 Å². The third-order valence-corrected chi connectivity index (χ3v) is 1.21. The van der Waals surface area contributed by atoms with Gasteiger partial charge in [-0.15, -0.1) is 0 Å². The van der Waals surface area contributed by atoms with E-state index in [2.05, 4.69) is 4.98 Å². The molecule has 1 heterocycles. The molecule has 12 heavy (non-hydrogen) atoms. The summed E-state index contributed by atoms with van der Waals surface area (Å²) in [5.74, 6) is -2.84. The monoisotopic (exact) mass is 165 g/mol. The predicted octanol–water partition coefficient (Wildman–Crippen LogP) is -2.19. The van der Waals surface area contributed by atoms with Crippen LogP contribution < -0.4 is 10.2 Å². The molecule has 0 aliphatic heterocycles. The minimum atomic E-state index is -1.44. The Bertz CT molecular complexity index is 284. The van der Waals surface area contributed by atoms with Gasteiger partial charge in [0.05, 0.1) is 17.6 Å². The molecule has 0 bridgehead atoms. The number of carboxylic acids is 2. The zero-order valence-electron chi connectivity index (χ0n) is 5.81. The standard InChI is InChI=1S/C7H5NO4/c9-6(10)4-1-2-5(7(11)12)8-3-4/h1-3H,(H,9,10)(H,11,12)/p-2. The Morgan fingerprint density at radius 3 is 2.17 bits per heavy atom. The molecule has 1 aromatic rings. The van der Waals surface area contributed by atoms with Crippen LogP contribution in [-0.2, 0) is 0 Å². The molecule has 5 nitrogen and oxygen atoms in total. The summed E-state index contributed by atoms with van der Waals surface area (Å²) in [5, 5.41) is 20.3. The molecule has 0 atom stereocenters. The summed E-state index contributed by atoms with van der Waals surface area (Å²) in [7, 11) is 0. The van der Waals surface area contributed by atoms with E-state index < -0.39 is 11.9 Å². The molecule has 5 heteroatoms. The van der Waals surface area contributed by atoms with E-state index in [9.17, 15) is 19.8 Å². The van der Waals surface area contributed by atoms with E-state index in [4.69, 9.17) is 0 Å². The minimum Gasteiger partial charge on any atom is -0.545 e. The molecule has 0 saturated carbocycles. The number of hydrogen-bond donors (Lipinski definition) is 0. The van der Waals surface area contributed by atoms with Gasteiger partial charge in [0.25, 0.3) is 0 Å². The number of aromatic nitrogens is 1. The molecular weight excluding hydrogens is 162 g/mol. The maximum Gasteiger partial charge on any atom is 0.0899 e. The maximum atomic E-state index is 10.2. The number of pyridine rings is 1. The minimum absolute atomic E-state index is 0.167. The van der Waals surface area contributed by atoms with Crippen LogP contribution in [0.4, 0.5) is 0 Å². The number of aromatic carboxylic acids is 2. The van der Waals surface area contributed by atoms with Crippen molar-refractivity contribution in [2.24, 2.45) is 0 Å². The number of nitrogens with zero attached hydrogens (tertiary/aromatic N) is 1. The average Bonchev–Trinajstić information content (AvgIpc) is 2.04. The number of carbonyl (C=O) groups excluding carboxylic acids is 2. The van der Waals surface area contributed by atoms with Gasteiger partial charge >= 0.3 is 0 Å². The van der Waals surface area contributed by atoms with Gasteiger partial charge in [-0.3, -0.25) is 4.98 Å². The van der Waals surface area contributed by atoms with Gasteiger partial charge in [-0.25, -0.2) is 0 Å². The molecule has 0 aliphatic rings. The molecule has 0 aliphatic carbocycles. The SMILES string of the molecule is O=C([O-])c1ccc(C(=O)[O-])nc1. The number of hydrogen-bond acceptors (Lipinski definition) is 5. The highest BCUT2D eigenvalue weighted by molar-refractivity contribution is 5.87. The van der Waals surface area contributed by atoms with Crippen molar-refractivity contribution in [3.63, 3.8) is 0 Å². The van der Waals surface area contributed by atoms with Crippen molar-refractivity contribution in [3.05, 3.63) is 29.6 Å². The van der Waals surface area contributed by atoms with Crippen molar-refractivity contribution in [2.75, 3.05) is 0 Å². The van der Waals surface area contributed by atoms with Crippen LogP contribution in [-0.4, -0.2) is 16.9 Å². The fourth-order valence-electron chi connectivity index (χ4n) is 0.635. The second-order valence-corrected chi connectivity index (χ2v) is 2.01. The lowest BCUT2D eigenvalue weighted by atomic mass is 10.2. The largest absolute Gasteiger partial charge is 0.545 e. The smallest absolute Gasteiger partial charge is 0.0899 e. The van der Waals surface area contributed by atoms with Crippen molar-refractivity contribution in [1.29, 1.82) is 0 Å². The summed E-state index contributed by atoms with van der Waals surface area (Å²) in [5.41, 5.74) is -0.472. The lowest BCUT2D eigenvalue weighted by molar-refractivity contribution is -0.256. The quantitative estimate of drug-likeness (QED) is 0.496. The van der Waals surface area contributed by atoms with Crippen molar-refractivity contribution in [2.45, 2.75) is 0 Å². The number of carboxylic acid groups (broad SMARTS) is 2. The van der Waals surface area contributed by atoms with Crippen LogP contribution in [0.2, 0.25) is 0 Å². The topological polar surface area (TPSA) is 93.1 Å². The Kier molecular flexibility index (Phi) is 2.05. The molecule has 0 fully saturated rings. The van der Waals surface area contributed by atoms with Gasteiger partial charge in [-0.1, -0.05) is 0 Å². The fourth-order valence-corrected chi connectivity index (χ4v) is 0.635. The van der Waals surface area contributed by atoms with Gasteiger partial charge in [0, 0.05) is 11.8 Å². The zero-order chi connectivity index (χ0) is 9.14. The first-order valence-corrected chi connectivity index (χ1v) is 3.00. The molecule has 62 valence electrons. The molecule has 0 spiro atoms. The lowest BCUT2D eigenvalue weighted by Crippen LogP contribution is -2.25. The first kappa shape index (κ1) is 8.19. The number of carbonyl (C=O) groups is 2. The van der Waals surface area contributed by atoms with Crippen molar-refractivity contribution in [3.8, 4) is 0 Å². The molecule has 1 rings (SSSR count). The Balaban J connectivity index is 3.01. The number of rotatable bonds is 2. The van der Waals surface area contributed by atoms with Crippen molar-refractivity contribution < 1.29 is 19.8 Å². The van der Waals surface area contributed by atoms with Crippen LogP contribution in [0.1, 0.15) is 20.8 Å². The summed E-state index contributed by atoms with van der Waals surface area (Å²) in [6.07, 6.45) is 0.903. The third kappa shape index (κ3) is 1.57. The van der Waals surface area contributed by atoms with Crippen LogP contribution in [0.5, 0.6) is 0 Å². The second kappa shape index (κ2) is 3.00. The van der Waals surface area contributed by atoms with Crippen LogP contribution in [0.25, 0.3) is 0 Å². The molecule has 0 unspecified atom stereocenters. The van der Waals surface area contributed by atoms with Gasteiger partial charge in [-0.05, 0) is 12.1 Å². The van der Waals surface area contributed by atoms with E-state index in [-0.39, 0.29) is 11.3 Å². The van der Waals surface area contributed by atoms with E-state index >= 15 is 0 Å². The second-order valence-electron chi connectivity index (χ2n) is 2.01. The highest BCUT2D eigenvalue weighted by Gasteiger charge is 1.96. The summed E-state index contributed by atoms with van der Waals surface area (Å²) < 4.78 is 0. The van der Waals surface area contributed by atoms with Gasteiger partial charge in [-0.2, -0.15) is 0 Å².